The van der Waals surface area contributed by atoms with Gasteiger partial charge in [-0.2, -0.15) is 0 Å². The fourth-order valence-corrected chi connectivity index (χ4v) is 4.29. The van der Waals surface area contributed by atoms with Crippen LogP contribution in [0.15, 0.2) is 60.3 Å². The number of carbonyl (C=O) groups excluding carboxylic acids is 2. The summed E-state index contributed by atoms with van der Waals surface area (Å²) in [5.74, 6) is -0.984. The van der Waals surface area contributed by atoms with E-state index in [0.717, 1.165) is 10.9 Å². The van der Waals surface area contributed by atoms with E-state index in [0.29, 0.717) is 36.4 Å². The Hall–Kier alpha value is -3.58. The number of carbonyl (C=O) groups is 2. The van der Waals surface area contributed by atoms with E-state index >= 15 is 0 Å². The summed E-state index contributed by atoms with van der Waals surface area (Å²) in [5.41, 5.74) is 2.02. The van der Waals surface area contributed by atoms with Gasteiger partial charge in [-0.25, -0.2) is 0 Å². The predicted molar refractivity (Wildman–Crippen MR) is 126 cm³/mol. The lowest BCUT2D eigenvalue weighted by Gasteiger charge is -2.27. The number of para-hydroxylation sites is 2. The third-order valence-electron chi connectivity index (χ3n) is 5.71. The molecule has 1 aliphatic heterocycles. The molecule has 7 heteroatoms. The number of ketones is 1. The zero-order valence-corrected chi connectivity index (χ0v) is 19.0. The summed E-state index contributed by atoms with van der Waals surface area (Å²) >= 11 is 0. The number of nitrogens with zero attached hydrogens (tertiary/aromatic N) is 1. The van der Waals surface area contributed by atoms with E-state index in [1.54, 1.807) is 13.3 Å². The van der Waals surface area contributed by atoms with Crippen LogP contribution in [0.5, 0.6) is 5.75 Å². The lowest BCUT2D eigenvalue weighted by Crippen LogP contribution is -2.31. The van der Waals surface area contributed by atoms with Crippen LogP contribution in [0.3, 0.4) is 0 Å². The second kappa shape index (κ2) is 9.50. The third-order valence-corrected chi connectivity index (χ3v) is 5.71. The van der Waals surface area contributed by atoms with Gasteiger partial charge >= 0.3 is 0 Å². The molecule has 0 radical (unpaired) electrons. The molecule has 1 unspecified atom stereocenters. The van der Waals surface area contributed by atoms with Gasteiger partial charge in [-0.3, -0.25) is 9.59 Å². The third kappa shape index (κ3) is 4.24. The van der Waals surface area contributed by atoms with Gasteiger partial charge < -0.3 is 24.5 Å². The van der Waals surface area contributed by atoms with E-state index in [1.807, 2.05) is 62.4 Å². The SMILES string of the molecule is COCCCN1C(=O)C(=O)/C(=C(/O)c2c[nH]c3ccccc23)C1c1ccccc1OC(C)C. The van der Waals surface area contributed by atoms with E-state index in [9.17, 15) is 14.7 Å². The smallest absolute Gasteiger partial charge is 0.295 e. The number of likely N-dealkylation sites (tertiary alicyclic amines) is 1. The molecule has 1 aromatic heterocycles. The van der Waals surface area contributed by atoms with E-state index in [4.69, 9.17) is 9.47 Å². The molecule has 1 atom stereocenters. The van der Waals surface area contributed by atoms with Crippen molar-refractivity contribution >= 4 is 28.4 Å². The Balaban J connectivity index is 1.90. The van der Waals surface area contributed by atoms with E-state index in [2.05, 4.69) is 4.98 Å². The second-order valence-corrected chi connectivity index (χ2v) is 8.29. The number of H-pyrrole nitrogens is 1. The number of Topliss-reactive ketones (excluding diaryl/α,β-unsaturated/α-hetero) is 1. The molecule has 1 amide bonds. The average molecular weight is 449 g/mol. The molecule has 2 heterocycles. The minimum atomic E-state index is -0.773. The first-order chi connectivity index (χ1) is 15.9. The fourth-order valence-electron chi connectivity index (χ4n) is 4.29. The van der Waals surface area contributed by atoms with Crippen molar-refractivity contribution in [2.45, 2.75) is 32.4 Å². The quantitative estimate of drug-likeness (QED) is 0.230. The van der Waals surface area contributed by atoms with Crippen molar-refractivity contribution in [2.24, 2.45) is 0 Å². The predicted octanol–water partition coefficient (Wildman–Crippen LogP) is 4.41. The molecular formula is C26H28N2O5. The van der Waals surface area contributed by atoms with Crippen LogP contribution in [0.4, 0.5) is 0 Å². The van der Waals surface area contributed by atoms with Gasteiger partial charge in [0.1, 0.15) is 11.5 Å². The highest BCUT2D eigenvalue weighted by molar-refractivity contribution is 6.46. The van der Waals surface area contributed by atoms with Crippen molar-refractivity contribution in [3.8, 4) is 5.75 Å². The number of benzene rings is 2. The van der Waals surface area contributed by atoms with Gasteiger partial charge in [-0.05, 0) is 32.4 Å². The van der Waals surface area contributed by atoms with Crippen molar-refractivity contribution in [2.75, 3.05) is 20.3 Å². The molecule has 33 heavy (non-hydrogen) atoms. The summed E-state index contributed by atoms with van der Waals surface area (Å²) in [6, 6.07) is 14.1. The van der Waals surface area contributed by atoms with Gasteiger partial charge in [0, 0.05) is 48.5 Å². The Morgan fingerprint density at radius 3 is 2.61 bits per heavy atom. The molecule has 0 saturated carbocycles. The van der Waals surface area contributed by atoms with Gasteiger partial charge in [0.05, 0.1) is 17.7 Å². The standard InChI is InChI=1S/C26H28N2O5/c1-16(2)33-21-12-7-5-10-18(21)23-22(25(30)26(31)28(23)13-8-14-32-3)24(29)19-15-27-20-11-6-4-9-17(19)20/h4-7,9-12,15-16,23,27,29H,8,13-14H2,1-3H3/b24-22+. The summed E-state index contributed by atoms with van der Waals surface area (Å²) in [6.07, 6.45) is 2.11. The molecule has 1 fully saturated rings. The van der Waals surface area contributed by atoms with Crippen LogP contribution in [0.25, 0.3) is 16.7 Å². The van der Waals surface area contributed by atoms with E-state index in [1.165, 1.54) is 4.90 Å². The highest BCUT2D eigenvalue weighted by Crippen LogP contribution is 2.43. The molecule has 2 aromatic carbocycles. The van der Waals surface area contributed by atoms with Gasteiger partial charge in [0.15, 0.2) is 0 Å². The molecular weight excluding hydrogens is 420 g/mol. The minimum absolute atomic E-state index is 0.0574. The molecule has 0 spiro atoms. The maximum atomic E-state index is 13.2. The summed E-state index contributed by atoms with van der Waals surface area (Å²) in [7, 11) is 1.59. The Morgan fingerprint density at radius 1 is 1.12 bits per heavy atom. The van der Waals surface area contributed by atoms with Crippen molar-refractivity contribution in [1.82, 2.24) is 9.88 Å². The number of aromatic nitrogens is 1. The van der Waals surface area contributed by atoms with Crippen LogP contribution >= 0.6 is 0 Å². The minimum Gasteiger partial charge on any atom is -0.507 e. The molecule has 3 aromatic rings. The topological polar surface area (TPSA) is 91.9 Å². The van der Waals surface area contributed by atoms with Gasteiger partial charge in [-0.15, -0.1) is 0 Å². The Kier molecular flexibility index (Phi) is 6.51. The maximum Gasteiger partial charge on any atom is 0.295 e. The lowest BCUT2D eigenvalue weighted by atomic mass is 9.94. The van der Waals surface area contributed by atoms with Crippen molar-refractivity contribution in [3.63, 3.8) is 0 Å². The Morgan fingerprint density at radius 2 is 1.85 bits per heavy atom. The molecule has 1 saturated heterocycles. The number of aliphatic hydroxyl groups excluding tert-OH is 1. The van der Waals surface area contributed by atoms with Crippen LogP contribution in [-0.4, -0.2) is 53.0 Å². The number of hydrogen-bond donors (Lipinski definition) is 2. The first-order valence-corrected chi connectivity index (χ1v) is 11.0. The number of hydrogen-bond acceptors (Lipinski definition) is 5. The first kappa shape index (κ1) is 22.6. The number of methoxy groups -OCH3 is 1. The summed E-state index contributed by atoms with van der Waals surface area (Å²) in [4.78, 5) is 31.0. The van der Waals surface area contributed by atoms with Gasteiger partial charge in [0.2, 0.25) is 0 Å². The van der Waals surface area contributed by atoms with Crippen LogP contribution in [0, 0.1) is 0 Å². The summed E-state index contributed by atoms with van der Waals surface area (Å²) < 4.78 is 11.2. The Labute approximate surface area is 192 Å². The number of ether oxygens (including phenoxy) is 2. The van der Waals surface area contributed by atoms with Crippen molar-refractivity contribution < 1.29 is 24.2 Å². The van der Waals surface area contributed by atoms with Crippen LogP contribution in [-0.2, 0) is 14.3 Å². The average Bonchev–Trinajstić information content (AvgIpc) is 3.34. The van der Waals surface area contributed by atoms with Crippen LogP contribution < -0.4 is 4.74 Å². The highest BCUT2D eigenvalue weighted by Gasteiger charge is 2.47. The van der Waals surface area contributed by atoms with Gasteiger partial charge in [-0.1, -0.05) is 36.4 Å². The number of amides is 1. The summed E-state index contributed by atoms with van der Waals surface area (Å²) in [5, 5.41) is 12.2. The number of nitrogens with one attached hydrogen (secondary N) is 1. The van der Waals surface area contributed by atoms with Crippen molar-refractivity contribution in [3.05, 3.63) is 71.4 Å². The lowest BCUT2D eigenvalue weighted by molar-refractivity contribution is -0.140. The fraction of sp³-hybridized carbons (Fsp3) is 0.308. The monoisotopic (exact) mass is 448 g/mol. The number of aliphatic hydroxyl groups is 1. The number of aromatic amines is 1. The van der Waals surface area contributed by atoms with Crippen LogP contribution in [0.2, 0.25) is 0 Å². The zero-order chi connectivity index (χ0) is 23.5. The molecule has 2 N–H and O–H groups in total. The zero-order valence-electron chi connectivity index (χ0n) is 19.0. The molecule has 7 nitrogen and oxygen atoms in total. The summed E-state index contributed by atoms with van der Waals surface area (Å²) in [6.45, 7) is 4.59. The largest absolute Gasteiger partial charge is 0.507 e. The highest BCUT2D eigenvalue weighted by atomic mass is 16.5. The van der Waals surface area contributed by atoms with Crippen LogP contribution in [0.1, 0.15) is 37.4 Å². The Bertz CT molecular complexity index is 1210. The van der Waals surface area contributed by atoms with Gasteiger partial charge in [0.25, 0.3) is 11.7 Å². The molecule has 1 aliphatic rings. The second-order valence-electron chi connectivity index (χ2n) is 8.29. The molecule has 0 aliphatic carbocycles. The molecule has 4 rings (SSSR count). The maximum absolute atomic E-state index is 13.2. The number of rotatable bonds is 8. The first-order valence-electron chi connectivity index (χ1n) is 11.0. The van der Waals surface area contributed by atoms with E-state index in [-0.39, 0.29) is 17.4 Å². The van der Waals surface area contributed by atoms with E-state index < -0.39 is 17.7 Å². The normalized spacial score (nSPS) is 17.9. The number of fused-ring (bicyclic) bond motifs is 1. The molecule has 172 valence electrons. The molecule has 0 bridgehead atoms. The van der Waals surface area contributed by atoms with Crippen molar-refractivity contribution in [1.29, 1.82) is 0 Å².